The summed E-state index contributed by atoms with van der Waals surface area (Å²) < 4.78 is 31.8. The molecule has 2 aromatic carbocycles. The predicted molar refractivity (Wildman–Crippen MR) is 97.0 cm³/mol. The highest BCUT2D eigenvalue weighted by Gasteiger charge is 2.29. The van der Waals surface area contributed by atoms with Crippen LogP contribution in [0.15, 0.2) is 53.1 Å². The van der Waals surface area contributed by atoms with Crippen molar-refractivity contribution in [2.45, 2.75) is 12.4 Å². The molecule has 0 spiro atoms. The normalized spacial score (nSPS) is 11.9. The number of carbonyl (C=O) groups excluding carboxylic acids is 2. The highest BCUT2D eigenvalue weighted by molar-refractivity contribution is 6.46. The first kappa shape index (κ1) is 19.5. The number of fused-ring (bicyclic) bond motifs is 1. The smallest absolute Gasteiger partial charge is 0.464 e. The fraction of sp³-hybridized carbons (Fsp3) is 0.111. The highest BCUT2D eigenvalue weighted by Crippen LogP contribution is 2.22. The largest absolute Gasteiger partial charge is 0.475 e. The molecule has 0 radical (unpaired) electrons. The van der Waals surface area contributed by atoms with E-state index in [1.165, 1.54) is 6.26 Å². The van der Waals surface area contributed by atoms with Crippen LogP contribution in [-0.2, 0) is 16.0 Å². The highest BCUT2D eigenvalue weighted by atomic mass is 19.1. The lowest BCUT2D eigenvalue weighted by Gasteiger charge is -2.17. The van der Waals surface area contributed by atoms with Crippen molar-refractivity contribution in [1.82, 2.24) is 5.32 Å². The van der Waals surface area contributed by atoms with Gasteiger partial charge in [0.2, 0.25) is 0 Å². The third-order valence-corrected chi connectivity index (χ3v) is 4.06. The molecule has 0 aliphatic heterocycles. The van der Waals surface area contributed by atoms with Gasteiger partial charge in [0.05, 0.1) is 17.9 Å². The maximum absolute atomic E-state index is 13.6. The monoisotopic (exact) mass is 388 g/mol. The van der Waals surface area contributed by atoms with Gasteiger partial charge in [-0.05, 0) is 30.2 Å². The van der Waals surface area contributed by atoms with E-state index in [-0.39, 0.29) is 12.1 Å². The van der Waals surface area contributed by atoms with Crippen LogP contribution in [0.2, 0.25) is 0 Å². The number of halogens is 2. The number of furan rings is 1. The zero-order valence-corrected chi connectivity index (χ0v) is 14.4. The van der Waals surface area contributed by atoms with Crippen molar-refractivity contribution in [2.75, 3.05) is 5.32 Å². The van der Waals surface area contributed by atoms with Crippen molar-refractivity contribution in [1.29, 1.82) is 0 Å². The second-order valence-electron chi connectivity index (χ2n) is 6.03. The first-order valence-electron chi connectivity index (χ1n) is 8.23. The van der Waals surface area contributed by atoms with Gasteiger partial charge < -0.3 is 25.1 Å². The molecule has 1 unspecified atom stereocenters. The van der Waals surface area contributed by atoms with Gasteiger partial charge in [0.1, 0.15) is 17.2 Å². The summed E-state index contributed by atoms with van der Waals surface area (Å²) >= 11 is 0. The van der Waals surface area contributed by atoms with E-state index in [2.05, 4.69) is 5.32 Å². The van der Waals surface area contributed by atoms with E-state index < -0.39 is 36.5 Å². The van der Waals surface area contributed by atoms with Gasteiger partial charge in [0.15, 0.2) is 0 Å². The Morgan fingerprint density at radius 2 is 1.86 bits per heavy atom. The number of benzene rings is 2. The Kier molecular flexibility index (Phi) is 5.71. The molecular formula is C18H15BF2N2O5. The number of para-hydroxylation sites is 1. The summed E-state index contributed by atoms with van der Waals surface area (Å²) in [7, 11) is -1.96. The Hall–Kier alpha value is -3.24. The van der Waals surface area contributed by atoms with Gasteiger partial charge in [-0.2, -0.15) is 0 Å². The van der Waals surface area contributed by atoms with Crippen LogP contribution < -0.4 is 10.6 Å². The van der Waals surface area contributed by atoms with Crippen LogP contribution in [0.5, 0.6) is 0 Å². The quantitative estimate of drug-likeness (QED) is 0.390. The minimum Gasteiger partial charge on any atom is -0.464 e. The number of carbonyl (C=O) groups is 2. The van der Waals surface area contributed by atoms with Gasteiger partial charge in [-0.1, -0.05) is 18.2 Å². The lowest BCUT2D eigenvalue weighted by molar-refractivity contribution is -0.136. The van der Waals surface area contributed by atoms with Crippen LogP contribution in [0.4, 0.5) is 14.5 Å². The van der Waals surface area contributed by atoms with Gasteiger partial charge in [0.25, 0.3) is 0 Å². The summed E-state index contributed by atoms with van der Waals surface area (Å²) in [5.41, 5.74) is 0.794. The average Bonchev–Trinajstić information content (AvgIpc) is 3.06. The Bertz CT molecular complexity index is 1020. The van der Waals surface area contributed by atoms with E-state index in [9.17, 15) is 28.4 Å². The van der Waals surface area contributed by atoms with Crippen molar-refractivity contribution >= 4 is 35.6 Å². The zero-order chi connectivity index (χ0) is 20.3. The molecule has 2 amide bonds. The van der Waals surface area contributed by atoms with Gasteiger partial charge >= 0.3 is 18.9 Å². The Morgan fingerprint density at radius 1 is 1.11 bits per heavy atom. The number of hydrogen-bond donors (Lipinski definition) is 4. The van der Waals surface area contributed by atoms with E-state index >= 15 is 0 Å². The summed E-state index contributed by atoms with van der Waals surface area (Å²) in [4.78, 5) is 24.0. The number of hydrogen-bond acceptors (Lipinski definition) is 5. The average molecular weight is 388 g/mol. The zero-order valence-electron chi connectivity index (χ0n) is 14.4. The van der Waals surface area contributed by atoms with Crippen molar-refractivity contribution in [3.05, 3.63) is 65.9 Å². The lowest BCUT2D eigenvalue weighted by Crippen LogP contribution is -2.51. The number of anilines is 1. The molecule has 3 rings (SSSR count). The topological polar surface area (TPSA) is 112 Å². The molecule has 1 heterocycles. The molecule has 28 heavy (non-hydrogen) atoms. The molecule has 1 atom stereocenters. The molecule has 0 saturated carbocycles. The maximum Gasteiger partial charge on any atom is 0.475 e. The van der Waals surface area contributed by atoms with Crippen LogP contribution in [0.25, 0.3) is 11.0 Å². The standard InChI is InChI=1S/C18H15BF2N2O5/c20-11-5-6-14(13(21)8-11)22-17(24)18(25)23-16(19(26)27)7-10-9-28-15-4-2-1-3-12(10)15/h1-6,8-9,16,26-27H,7H2,(H,22,24)(H,23,25). The molecule has 0 aliphatic rings. The van der Waals surface area contributed by atoms with E-state index in [0.29, 0.717) is 17.2 Å². The van der Waals surface area contributed by atoms with Gasteiger partial charge in [0, 0.05) is 11.5 Å². The molecule has 10 heteroatoms. The van der Waals surface area contributed by atoms with Gasteiger partial charge in [-0.15, -0.1) is 0 Å². The van der Waals surface area contributed by atoms with Crippen molar-refractivity contribution in [2.24, 2.45) is 0 Å². The van der Waals surface area contributed by atoms with Crippen LogP contribution >= 0.6 is 0 Å². The number of amides is 2. The fourth-order valence-electron chi connectivity index (χ4n) is 2.66. The van der Waals surface area contributed by atoms with Gasteiger partial charge in [-0.25, -0.2) is 8.78 Å². The van der Waals surface area contributed by atoms with Crippen LogP contribution in [0, 0.1) is 11.6 Å². The Labute approximate surface area is 158 Å². The van der Waals surface area contributed by atoms with Crippen molar-refractivity contribution < 1.29 is 32.8 Å². The summed E-state index contributed by atoms with van der Waals surface area (Å²) in [6.07, 6.45) is 1.39. The molecule has 0 fully saturated rings. The second-order valence-corrected chi connectivity index (χ2v) is 6.03. The molecule has 1 aromatic heterocycles. The summed E-state index contributed by atoms with van der Waals surface area (Å²) in [6, 6.07) is 9.47. The molecule has 0 saturated heterocycles. The molecule has 4 N–H and O–H groups in total. The van der Waals surface area contributed by atoms with E-state index in [0.717, 1.165) is 17.5 Å². The van der Waals surface area contributed by atoms with E-state index in [1.54, 1.807) is 24.3 Å². The Morgan fingerprint density at radius 3 is 2.57 bits per heavy atom. The van der Waals surface area contributed by atoms with E-state index in [1.807, 2.05) is 5.32 Å². The molecule has 144 valence electrons. The van der Waals surface area contributed by atoms with E-state index in [4.69, 9.17) is 4.42 Å². The molecule has 7 nitrogen and oxygen atoms in total. The molecule has 0 bridgehead atoms. The fourth-order valence-corrected chi connectivity index (χ4v) is 2.66. The van der Waals surface area contributed by atoms with Crippen molar-refractivity contribution in [3.63, 3.8) is 0 Å². The van der Waals surface area contributed by atoms with Crippen molar-refractivity contribution in [3.8, 4) is 0 Å². The third kappa shape index (κ3) is 4.35. The lowest BCUT2D eigenvalue weighted by atomic mass is 9.76. The Balaban J connectivity index is 1.69. The SMILES string of the molecule is O=C(Nc1ccc(F)cc1F)C(=O)NC(Cc1coc2ccccc12)B(O)O. The molecular weight excluding hydrogens is 373 g/mol. The minimum absolute atomic E-state index is 0.0292. The minimum atomic E-state index is -1.96. The van der Waals surface area contributed by atoms with Gasteiger partial charge in [-0.3, -0.25) is 9.59 Å². The van der Waals surface area contributed by atoms with Crippen LogP contribution in [-0.4, -0.2) is 34.9 Å². The number of nitrogens with one attached hydrogen (secondary N) is 2. The first-order valence-corrected chi connectivity index (χ1v) is 8.23. The molecule has 3 aromatic rings. The first-order chi connectivity index (χ1) is 13.3. The maximum atomic E-state index is 13.6. The summed E-state index contributed by atoms with van der Waals surface area (Å²) in [5.74, 6) is -5.57. The third-order valence-electron chi connectivity index (χ3n) is 4.06. The van der Waals surface area contributed by atoms with Crippen LogP contribution in [0.1, 0.15) is 5.56 Å². The predicted octanol–water partition coefficient (Wildman–Crippen LogP) is 1.39. The van der Waals surface area contributed by atoms with Crippen LogP contribution in [0.3, 0.4) is 0 Å². The number of rotatable bonds is 5. The summed E-state index contributed by atoms with van der Waals surface area (Å²) in [6.45, 7) is 0. The second kappa shape index (κ2) is 8.20. The molecule has 0 aliphatic carbocycles. The summed E-state index contributed by atoms with van der Waals surface area (Å²) in [5, 5.41) is 24.0.